The first kappa shape index (κ1) is 23.2. The zero-order valence-corrected chi connectivity index (χ0v) is 18.8. The predicted molar refractivity (Wildman–Crippen MR) is 121 cm³/mol. The number of benzene rings is 2. The van der Waals surface area contributed by atoms with Gasteiger partial charge in [0.1, 0.15) is 5.75 Å². The summed E-state index contributed by atoms with van der Waals surface area (Å²) < 4.78 is 5.35. The highest BCUT2D eigenvalue weighted by atomic mass is 35.5. The molecule has 1 saturated heterocycles. The lowest BCUT2D eigenvalue weighted by Gasteiger charge is -2.37. The second kappa shape index (κ2) is 10.7. The van der Waals surface area contributed by atoms with Crippen LogP contribution in [0.25, 0.3) is 0 Å². The van der Waals surface area contributed by atoms with Crippen LogP contribution >= 0.6 is 12.4 Å². The number of halogens is 1. The number of aryl methyl sites for hydroxylation is 2. The summed E-state index contributed by atoms with van der Waals surface area (Å²) in [6, 6.07) is 14.9. The minimum Gasteiger partial charge on any atom is -0.496 e. The molecule has 1 aliphatic rings. The van der Waals surface area contributed by atoms with Crippen molar-refractivity contribution < 1.29 is 9.53 Å². The van der Waals surface area contributed by atoms with Gasteiger partial charge in [-0.2, -0.15) is 0 Å². The fourth-order valence-corrected chi connectivity index (χ4v) is 3.94. The molecule has 0 saturated carbocycles. The van der Waals surface area contributed by atoms with Gasteiger partial charge in [-0.05, 0) is 69.6 Å². The van der Waals surface area contributed by atoms with Gasteiger partial charge in [0, 0.05) is 12.6 Å². The monoisotopic (exact) mass is 416 g/mol. The molecule has 3 rings (SSSR count). The van der Waals surface area contributed by atoms with E-state index in [-0.39, 0.29) is 18.3 Å². The normalized spacial score (nSPS) is 14.9. The van der Waals surface area contributed by atoms with Crippen molar-refractivity contribution in [2.75, 3.05) is 27.2 Å². The zero-order chi connectivity index (χ0) is 20.1. The Morgan fingerprint density at radius 1 is 1.07 bits per heavy atom. The van der Waals surface area contributed by atoms with Crippen LogP contribution < -0.4 is 4.74 Å². The van der Waals surface area contributed by atoms with Crippen molar-refractivity contribution in [3.63, 3.8) is 0 Å². The molecule has 0 radical (unpaired) electrons. The first-order chi connectivity index (χ1) is 13.5. The zero-order valence-electron chi connectivity index (χ0n) is 18.0. The minimum absolute atomic E-state index is 0. The molecule has 4 nitrogen and oxygen atoms in total. The molecule has 0 bridgehead atoms. The summed E-state index contributed by atoms with van der Waals surface area (Å²) in [5, 5.41) is 0. The van der Waals surface area contributed by atoms with E-state index in [1.807, 2.05) is 19.1 Å². The minimum atomic E-state index is 0. The van der Waals surface area contributed by atoms with E-state index in [0.29, 0.717) is 19.0 Å². The lowest BCUT2D eigenvalue weighted by Crippen LogP contribution is -2.46. The second-order valence-electron chi connectivity index (χ2n) is 8.02. The Labute approximate surface area is 181 Å². The van der Waals surface area contributed by atoms with E-state index in [4.69, 9.17) is 4.74 Å². The Bertz CT molecular complexity index is 799. The largest absolute Gasteiger partial charge is 0.496 e. The number of ether oxygens (including phenoxy) is 1. The van der Waals surface area contributed by atoms with E-state index < -0.39 is 0 Å². The van der Waals surface area contributed by atoms with Crippen LogP contribution in [0.1, 0.15) is 35.1 Å². The van der Waals surface area contributed by atoms with Crippen molar-refractivity contribution in [2.24, 2.45) is 0 Å². The Morgan fingerprint density at radius 2 is 1.69 bits per heavy atom. The standard InChI is InChI=1S/C24H32N2O2.ClH/c1-18-5-7-20(8-6-18)17-26(22-11-13-25(3)14-12-22)24(27)16-21-9-10-23(28-4)19(2)15-21;/h5-10,15,22H,11-14,16-17H2,1-4H3;1H. The first-order valence-electron chi connectivity index (χ1n) is 10.1. The molecular weight excluding hydrogens is 384 g/mol. The number of rotatable bonds is 6. The SMILES string of the molecule is COc1ccc(CC(=O)N(Cc2ccc(C)cc2)C2CCN(C)CC2)cc1C.Cl. The van der Waals surface area contributed by atoms with Crippen LogP contribution in [0, 0.1) is 13.8 Å². The second-order valence-corrected chi connectivity index (χ2v) is 8.02. The van der Waals surface area contributed by atoms with Crippen LogP contribution in [0.3, 0.4) is 0 Å². The van der Waals surface area contributed by atoms with Crippen LogP contribution in [0.15, 0.2) is 42.5 Å². The molecule has 1 heterocycles. The van der Waals surface area contributed by atoms with E-state index in [2.05, 4.69) is 54.1 Å². The summed E-state index contributed by atoms with van der Waals surface area (Å²) in [7, 11) is 3.83. The van der Waals surface area contributed by atoms with Crippen molar-refractivity contribution >= 4 is 18.3 Å². The molecule has 2 aromatic rings. The van der Waals surface area contributed by atoms with Crippen LogP contribution in [0.4, 0.5) is 0 Å². The third-order valence-electron chi connectivity index (χ3n) is 5.74. The fourth-order valence-electron chi connectivity index (χ4n) is 3.94. The summed E-state index contributed by atoms with van der Waals surface area (Å²) >= 11 is 0. The Morgan fingerprint density at radius 3 is 2.28 bits per heavy atom. The maximum Gasteiger partial charge on any atom is 0.227 e. The molecule has 158 valence electrons. The van der Waals surface area contributed by atoms with Crippen molar-refractivity contribution in [3.8, 4) is 5.75 Å². The van der Waals surface area contributed by atoms with Gasteiger partial charge >= 0.3 is 0 Å². The third kappa shape index (κ3) is 6.22. The number of methoxy groups -OCH3 is 1. The van der Waals surface area contributed by atoms with E-state index in [1.54, 1.807) is 7.11 Å². The van der Waals surface area contributed by atoms with Gasteiger partial charge in [0.2, 0.25) is 5.91 Å². The van der Waals surface area contributed by atoms with Crippen molar-refractivity contribution in [2.45, 2.75) is 45.7 Å². The highest BCUT2D eigenvalue weighted by Gasteiger charge is 2.27. The van der Waals surface area contributed by atoms with Crippen LogP contribution in [0.2, 0.25) is 0 Å². The van der Waals surface area contributed by atoms with Gasteiger partial charge in [0.25, 0.3) is 0 Å². The maximum atomic E-state index is 13.3. The molecule has 0 spiro atoms. The van der Waals surface area contributed by atoms with Crippen molar-refractivity contribution in [3.05, 3.63) is 64.7 Å². The van der Waals surface area contributed by atoms with Crippen LogP contribution in [-0.2, 0) is 17.8 Å². The number of carbonyl (C=O) groups excluding carboxylic acids is 1. The van der Waals surface area contributed by atoms with Gasteiger partial charge in [-0.25, -0.2) is 0 Å². The van der Waals surface area contributed by atoms with E-state index in [9.17, 15) is 4.79 Å². The molecular formula is C24H33ClN2O2. The molecule has 0 N–H and O–H groups in total. The van der Waals surface area contributed by atoms with Gasteiger partial charge in [-0.1, -0.05) is 42.0 Å². The Balaban J connectivity index is 0.00000300. The van der Waals surface area contributed by atoms with E-state index >= 15 is 0 Å². The first-order valence-corrected chi connectivity index (χ1v) is 10.1. The molecule has 5 heteroatoms. The average molecular weight is 417 g/mol. The van der Waals surface area contributed by atoms with Gasteiger partial charge in [0.05, 0.1) is 13.5 Å². The van der Waals surface area contributed by atoms with Gasteiger partial charge in [0.15, 0.2) is 0 Å². The van der Waals surface area contributed by atoms with Crippen molar-refractivity contribution in [1.82, 2.24) is 9.80 Å². The summed E-state index contributed by atoms with van der Waals surface area (Å²) in [6.07, 6.45) is 2.51. The topological polar surface area (TPSA) is 32.8 Å². The van der Waals surface area contributed by atoms with Crippen LogP contribution in [0.5, 0.6) is 5.75 Å². The van der Waals surface area contributed by atoms with E-state index in [0.717, 1.165) is 42.8 Å². The lowest BCUT2D eigenvalue weighted by molar-refractivity contribution is -0.134. The summed E-state index contributed by atoms with van der Waals surface area (Å²) in [4.78, 5) is 17.8. The number of amides is 1. The molecule has 1 aliphatic heterocycles. The molecule has 29 heavy (non-hydrogen) atoms. The van der Waals surface area contributed by atoms with Gasteiger partial charge in [-0.15, -0.1) is 12.4 Å². The highest BCUT2D eigenvalue weighted by molar-refractivity contribution is 5.85. The van der Waals surface area contributed by atoms with Crippen LogP contribution in [-0.4, -0.2) is 49.0 Å². The number of carbonyl (C=O) groups is 1. The number of hydrogen-bond acceptors (Lipinski definition) is 3. The molecule has 2 aromatic carbocycles. The van der Waals surface area contributed by atoms with Gasteiger partial charge in [-0.3, -0.25) is 4.79 Å². The Kier molecular flexibility index (Phi) is 8.54. The molecule has 0 aliphatic carbocycles. The third-order valence-corrected chi connectivity index (χ3v) is 5.74. The maximum absolute atomic E-state index is 13.3. The lowest BCUT2D eigenvalue weighted by atomic mass is 10.0. The summed E-state index contributed by atoms with van der Waals surface area (Å²) in [5.41, 5.74) is 4.56. The molecule has 0 aromatic heterocycles. The smallest absolute Gasteiger partial charge is 0.227 e. The number of hydrogen-bond donors (Lipinski definition) is 0. The number of likely N-dealkylation sites (tertiary alicyclic amines) is 1. The average Bonchev–Trinajstić information content (AvgIpc) is 2.68. The van der Waals surface area contributed by atoms with Gasteiger partial charge < -0.3 is 14.5 Å². The number of piperidine rings is 1. The molecule has 1 fully saturated rings. The highest BCUT2D eigenvalue weighted by Crippen LogP contribution is 2.22. The molecule has 1 amide bonds. The fraction of sp³-hybridized carbons (Fsp3) is 0.458. The molecule has 0 atom stereocenters. The summed E-state index contributed by atoms with van der Waals surface area (Å²) in [5.74, 6) is 1.07. The van der Waals surface area contributed by atoms with E-state index in [1.165, 1.54) is 11.1 Å². The Hall–Kier alpha value is -2.04. The molecule has 0 unspecified atom stereocenters. The number of nitrogens with zero attached hydrogens (tertiary/aromatic N) is 2. The predicted octanol–water partition coefficient (Wildman–Crippen LogP) is 4.40. The summed E-state index contributed by atoms with van der Waals surface area (Å²) in [6.45, 7) is 6.89. The van der Waals surface area contributed by atoms with Crippen molar-refractivity contribution in [1.29, 1.82) is 0 Å². The quantitative estimate of drug-likeness (QED) is 0.699.